The molecule has 0 aliphatic carbocycles. The first-order chi connectivity index (χ1) is 8.83. The monoisotopic (exact) mass is 309 g/mol. The number of nitrogens with zero attached hydrogens (tertiary/aromatic N) is 1. The Morgan fingerprint density at radius 2 is 2.06 bits per heavy atom. The number of aromatic amines is 1. The van der Waals surface area contributed by atoms with Gasteiger partial charge in [-0.25, -0.2) is 4.98 Å². The maximum Gasteiger partial charge on any atom is 0.163 e. The van der Waals surface area contributed by atoms with Gasteiger partial charge in [0.25, 0.3) is 0 Å². The van der Waals surface area contributed by atoms with Crippen LogP contribution < -0.4 is 14.8 Å². The van der Waals surface area contributed by atoms with Crippen molar-refractivity contribution in [2.45, 2.75) is 6.54 Å². The van der Waals surface area contributed by atoms with Gasteiger partial charge in [0.1, 0.15) is 13.2 Å². The highest BCUT2D eigenvalue weighted by atomic mass is 79.9. The van der Waals surface area contributed by atoms with E-state index in [1.165, 1.54) is 0 Å². The second-order valence-corrected chi connectivity index (χ2v) is 4.76. The van der Waals surface area contributed by atoms with E-state index in [0.29, 0.717) is 19.8 Å². The van der Waals surface area contributed by atoms with Crippen molar-refractivity contribution in [2.24, 2.45) is 0 Å². The third-order valence-electron chi connectivity index (χ3n) is 2.66. The van der Waals surface area contributed by atoms with Crippen LogP contribution in [0.25, 0.3) is 0 Å². The molecule has 0 amide bonds. The van der Waals surface area contributed by atoms with Crippen LogP contribution in [-0.2, 0) is 6.54 Å². The molecule has 0 spiro atoms. The maximum atomic E-state index is 5.55. The number of rotatable bonds is 3. The first-order valence-electron chi connectivity index (χ1n) is 5.63. The fraction of sp³-hybridized carbons (Fsp3) is 0.250. The molecule has 1 aliphatic heterocycles. The molecule has 0 saturated heterocycles. The molecule has 0 bridgehead atoms. The molecule has 1 aromatic carbocycles. The zero-order chi connectivity index (χ0) is 12.4. The van der Waals surface area contributed by atoms with E-state index < -0.39 is 0 Å². The molecule has 2 N–H and O–H groups in total. The maximum absolute atomic E-state index is 5.55. The lowest BCUT2D eigenvalue weighted by Gasteiger charge is -2.20. The normalized spacial score (nSPS) is 13.4. The van der Waals surface area contributed by atoms with Crippen molar-refractivity contribution in [3.8, 4) is 11.5 Å². The fourth-order valence-electron chi connectivity index (χ4n) is 1.77. The van der Waals surface area contributed by atoms with Crippen LogP contribution in [0, 0.1) is 0 Å². The lowest BCUT2D eigenvalue weighted by atomic mass is 10.2. The third-order valence-corrected chi connectivity index (χ3v) is 3.31. The molecule has 2 aromatic rings. The highest BCUT2D eigenvalue weighted by Crippen LogP contribution is 2.38. The van der Waals surface area contributed by atoms with Crippen LogP contribution >= 0.6 is 15.9 Å². The SMILES string of the molecule is Brc1cc2c(cc1NCc1cnc[nH]1)OCCO2. The summed E-state index contributed by atoms with van der Waals surface area (Å²) < 4.78 is 12.0. The van der Waals surface area contributed by atoms with E-state index in [0.717, 1.165) is 27.4 Å². The van der Waals surface area contributed by atoms with Gasteiger partial charge in [0.05, 0.1) is 24.3 Å². The van der Waals surface area contributed by atoms with Gasteiger partial charge >= 0.3 is 0 Å². The Balaban J connectivity index is 1.79. The number of imidazole rings is 1. The van der Waals surface area contributed by atoms with E-state index >= 15 is 0 Å². The number of aromatic nitrogens is 2. The van der Waals surface area contributed by atoms with E-state index in [1.807, 2.05) is 12.1 Å². The van der Waals surface area contributed by atoms with Crippen molar-refractivity contribution in [3.63, 3.8) is 0 Å². The summed E-state index contributed by atoms with van der Waals surface area (Å²) in [4.78, 5) is 7.02. The number of H-pyrrole nitrogens is 1. The van der Waals surface area contributed by atoms with Crippen molar-refractivity contribution in [1.82, 2.24) is 9.97 Å². The van der Waals surface area contributed by atoms with Crippen LogP contribution in [0.15, 0.2) is 29.1 Å². The molecule has 0 atom stereocenters. The van der Waals surface area contributed by atoms with E-state index in [1.54, 1.807) is 12.5 Å². The number of fused-ring (bicyclic) bond motifs is 1. The number of hydrogen-bond acceptors (Lipinski definition) is 4. The number of halogens is 1. The molecule has 3 rings (SSSR count). The van der Waals surface area contributed by atoms with E-state index in [4.69, 9.17) is 9.47 Å². The van der Waals surface area contributed by atoms with Gasteiger partial charge in [-0.05, 0) is 15.9 Å². The third kappa shape index (κ3) is 2.28. The average molecular weight is 310 g/mol. The molecule has 1 aromatic heterocycles. The van der Waals surface area contributed by atoms with Gasteiger partial charge in [-0.2, -0.15) is 0 Å². The molecule has 2 heterocycles. The Hall–Kier alpha value is -1.69. The molecule has 0 unspecified atom stereocenters. The van der Waals surface area contributed by atoms with Gasteiger partial charge in [-0.15, -0.1) is 0 Å². The summed E-state index contributed by atoms with van der Waals surface area (Å²) in [5.41, 5.74) is 1.99. The average Bonchev–Trinajstić information content (AvgIpc) is 2.89. The summed E-state index contributed by atoms with van der Waals surface area (Å²) in [7, 11) is 0. The molecule has 94 valence electrons. The minimum Gasteiger partial charge on any atom is -0.486 e. The summed E-state index contributed by atoms with van der Waals surface area (Å²) in [6, 6.07) is 3.86. The largest absolute Gasteiger partial charge is 0.486 e. The molecule has 0 radical (unpaired) electrons. The lowest BCUT2D eigenvalue weighted by molar-refractivity contribution is 0.171. The van der Waals surface area contributed by atoms with Gasteiger partial charge in [0, 0.05) is 22.8 Å². The topological polar surface area (TPSA) is 59.2 Å². The highest BCUT2D eigenvalue weighted by Gasteiger charge is 2.14. The Morgan fingerprint density at radius 3 is 2.78 bits per heavy atom. The standard InChI is InChI=1S/C12H12BrN3O2/c13-9-3-11-12(18-2-1-17-11)4-10(9)15-6-8-5-14-7-16-8/h3-5,7,15H,1-2,6H2,(H,14,16). The predicted molar refractivity (Wildman–Crippen MR) is 71.0 cm³/mol. The molecular weight excluding hydrogens is 298 g/mol. The number of hydrogen-bond donors (Lipinski definition) is 2. The summed E-state index contributed by atoms with van der Waals surface area (Å²) in [6.45, 7) is 1.87. The lowest BCUT2D eigenvalue weighted by Crippen LogP contribution is -2.15. The molecular formula is C12H12BrN3O2. The molecule has 18 heavy (non-hydrogen) atoms. The van der Waals surface area contributed by atoms with Crippen LogP contribution in [0.2, 0.25) is 0 Å². The van der Waals surface area contributed by atoms with Gasteiger partial charge in [0.15, 0.2) is 11.5 Å². The molecule has 0 saturated carbocycles. The Morgan fingerprint density at radius 1 is 1.28 bits per heavy atom. The van der Waals surface area contributed by atoms with Gasteiger partial charge < -0.3 is 19.8 Å². The first kappa shape index (κ1) is 11.4. The van der Waals surface area contributed by atoms with Crippen LogP contribution in [0.5, 0.6) is 11.5 Å². The van der Waals surface area contributed by atoms with Gasteiger partial charge in [0.2, 0.25) is 0 Å². The van der Waals surface area contributed by atoms with Crippen LogP contribution in [0.3, 0.4) is 0 Å². The van der Waals surface area contributed by atoms with Crippen molar-refractivity contribution in [2.75, 3.05) is 18.5 Å². The Kier molecular flexibility index (Phi) is 3.10. The van der Waals surface area contributed by atoms with Crippen LogP contribution in [-0.4, -0.2) is 23.2 Å². The van der Waals surface area contributed by atoms with Crippen LogP contribution in [0.1, 0.15) is 5.69 Å². The van der Waals surface area contributed by atoms with E-state index in [-0.39, 0.29) is 0 Å². The van der Waals surface area contributed by atoms with Crippen molar-refractivity contribution in [3.05, 3.63) is 34.8 Å². The Labute approximate surface area is 113 Å². The summed E-state index contributed by atoms with van der Waals surface area (Å²) in [6.07, 6.45) is 3.45. The minimum absolute atomic E-state index is 0.592. The number of nitrogens with one attached hydrogen (secondary N) is 2. The highest BCUT2D eigenvalue weighted by molar-refractivity contribution is 9.10. The molecule has 5 nitrogen and oxygen atoms in total. The van der Waals surface area contributed by atoms with Crippen molar-refractivity contribution < 1.29 is 9.47 Å². The van der Waals surface area contributed by atoms with Crippen molar-refractivity contribution >= 4 is 21.6 Å². The molecule has 0 fully saturated rings. The van der Waals surface area contributed by atoms with Gasteiger partial charge in [-0.3, -0.25) is 0 Å². The van der Waals surface area contributed by atoms with E-state index in [9.17, 15) is 0 Å². The first-order valence-corrected chi connectivity index (χ1v) is 6.42. The number of ether oxygens (including phenoxy) is 2. The zero-order valence-corrected chi connectivity index (χ0v) is 11.2. The second kappa shape index (κ2) is 4.89. The van der Waals surface area contributed by atoms with Gasteiger partial charge in [-0.1, -0.05) is 0 Å². The minimum atomic E-state index is 0.592. The predicted octanol–water partition coefficient (Wildman–Crippen LogP) is 2.56. The summed E-state index contributed by atoms with van der Waals surface area (Å²) in [5.74, 6) is 1.55. The summed E-state index contributed by atoms with van der Waals surface area (Å²) in [5, 5.41) is 3.31. The van der Waals surface area contributed by atoms with E-state index in [2.05, 4.69) is 31.2 Å². The Bertz CT molecular complexity index is 543. The zero-order valence-electron chi connectivity index (χ0n) is 9.57. The fourth-order valence-corrected chi connectivity index (χ4v) is 2.23. The van der Waals surface area contributed by atoms with Crippen molar-refractivity contribution in [1.29, 1.82) is 0 Å². The molecule has 6 heteroatoms. The van der Waals surface area contributed by atoms with Crippen LogP contribution in [0.4, 0.5) is 5.69 Å². The second-order valence-electron chi connectivity index (χ2n) is 3.91. The number of benzene rings is 1. The smallest absolute Gasteiger partial charge is 0.163 e. The summed E-state index contributed by atoms with van der Waals surface area (Å²) >= 11 is 3.52. The number of anilines is 1. The molecule has 1 aliphatic rings. The quantitative estimate of drug-likeness (QED) is 0.915.